The molecule has 1 saturated carbocycles. The Balaban J connectivity index is 2.04. The van der Waals surface area contributed by atoms with Crippen LogP contribution in [0.15, 0.2) is 29.2 Å². The molecule has 3 N–H and O–H groups in total. The van der Waals surface area contributed by atoms with Gasteiger partial charge in [-0.15, -0.1) is 0 Å². The monoisotopic (exact) mass is 282 g/mol. The van der Waals surface area contributed by atoms with E-state index in [2.05, 4.69) is 12.2 Å². The van der Waals surface area contributed by atoms with Crippen molar-refractivity contribution >= 4 is 15.7 Å². The first-order valence-corrected chi connectivity index (χ1v) is 8.37. The van der Waals surface area contributed by atoms with Gasteiger partial charge in [-0.3, -0.25) is 0 Å². The van der Waals surface area contributed by atoms with Gasteiger partial charge < -0.3 is 5.32 Å². The molecule has 1 aromatic rings. The van der Waals surface area contributed by atoms with Gasteiger partial charge in [-0.05, 0) is 36.8 Å². The number of hydrogen-bond donors (Lipinski definition) is 2. The van der Waals surface area contributed by atoms with Crippen molar-refractivity contribution < 1.29 is 8.42 Å². The lowest BCUT2D eigenvalue weighted by atomic mass is 9.82. The van der Waals surface area contributed by atoms with Crippen molar-refractivity contribution in [2.24, 2.45) is 17.0 Å². The number of nitrogens with two attached hydrogens (primary N) is 1. The summed E-state index contributed by atoms with van der Waals surface area (Å²) in [7, 11) is -3.66. The quantitative estimate of drug-likeness (QED) is 0.891. The summed E-state index contributed by atoms with van der Waals surface area (Å²) in [6.07, 6.45) is 5.01. The van der Waals surface area contributed by atoms with Gasteiger partial charge in [0.15, 0.2) is 0 Å². The largest absolute Gasteiger partial charge is 0.384 e. The van der Waals surface area contributed by atoms with E-state index in [1.807, 2.05) is 6.07 Å². The molecule has 1 aromatic carbocycles. The first-order chi connectivity index (χ1) is 8.97. The van der Waals surface area contributed by atoms with Crippen LogP contribution >= 0.6 is 0 Å². The first kappa shape index (κ1) is 14.3. The Morgan fingerprint density at radius 2 is 2.05 bits per heavy atom. The molecule has 0 amide bonds. The molecule has 0 heterocycles. The van der Waals surface area contributed by atoms with Crippen molar-refractivity contribution in [3.63, 3.8) is 0 Å². The molecule has 2 rings (SSSR count). The van der Waals surface area contributed by atoms with E-state index in [0.29, 0.717) is 11.6 Å². The highest BCUT2D eigenvalue weighted by Gasteiger charge is 2.19. The Morgan fingerprint density at radius 3 is 2.74 bits per heavy atom. The molecule has 19 heavy (non-hydrogen) atoms. The fourth-order valence-electron chi connectivity index (χ4n) is 2.86. The number of sulfonamides is 1. The van der Waals surface area contributed by atoms with E-state index in [-0.39, 0.29) is 4.90 Å². The molecular weight excluding hydrogens is 260 g/mol. The highest BCUT2D eigenvalue weighted by Crippen LogP contribution is 2.29. The van der Waals surface area contributed by atoms with Crippen molar-refractivity contribution in [1.82, 2.24) is 0 Å². The van der Waals surface area contributed by atoms with Crippen LogP contribution in [0, 0.1) is 11.8 Å². The number of para-hydroxylation sites is 1. The molecule has 0 saturated heterocycles. The van der Waals surface area contributed by atoms with Crippen LogP contribution in [-0.2, 0) is 10.0 Å². The molecule has 5 heteroatoms. The molecule has 0 radical (unpaired) electrons. The minimum atomic E-state index is -3.66. The summed E-state index contributed by atoms with van der Waals surface area (Å²) >= 11 is 0. The fraction of sp³-hybridized carbons (Fsp3) is 0.571. The van der Waals surface area contributed by atoms with Crippen molar-refractivity contribution in [2.45, 2.75) is 37.5 Å². The van der Waals surface area contributed by atoms with Gasteiger partial charge in [0.05, 0.1) is 5.69 Å². The van der Waals surface area contributed by atoms with E-state index < -0.39 is 10.0 Å². The van der Waals surface area contributed by atoms with Gasteiger partial charge in [-0.1, -0.05) is 31.9 Å². The van der Waals surface area contributed by atoms with E-state index in [1.165, 1.54) is 25.7 Å². The van der Waals surface area contributed by atoms with Crippen LogP contribution in [0.3, 0.4) is 0 Å². The molecule has 0 bridgehead atoms. The van der Waals surface area contributed by atoms with E-state index >= 15 is 0 Å². The van der Waals surface area contributed by atoms with Gasteiger partial charge in [0.2, 0.25) is 10.0 Å². The second-order valence-electron chi connectivity index (χ2n) is 5.56. The highest BCUT2D eigenvalue weighted by atomic mass is 32.2. The van der Waals surface area contributed by atoms with Gasteiger partial charge in [-0.2, -0.15) is 0 Å². The van der Waals surface area contributed by atoms with Gasteiger partial charge >= 0.3 is 0 Å². The zero-order valence-corrected chi connectivity index (χ0v) is 12.1. The van der Waals surface area contributed by atoms with E-state index in [9.17, 15) is 8.42 Å². The molecular formula is C14H22N2O2S. The predicted molar refractivity (Wildman–Crippen MR) is 77.4 cm³/mol. The number of anilines is 1. The average Bonchev–Trinajstić information content (AvgIpc) is 2.36. The van der Waals surface area contributed by atoms with Gasteiger partial charge in [0.1, 0.15) is 4.90 Å². The molecule has 0 spiro atoms. The van der Waals surface area contributed by atoms with Crippen LogP contribution in [0.2, 0.25) is 0 Å². The van der Waals surface area contributed by atoms with E-state index in [1.54, 1.807) is 18.2 Å². The van der Waals surface area contributed by atoms with Gasteiger partial charge in [-0.25, -0.2) is 13.6 Å². The third-order valence-corrected chi connectivity index (χ3v) is 4.79. The summed E-state index contributed by atoms with van der Waals surface area (Å²) in [6.45, 7) is 3.10. The molecule has 0 aliphatic heterocycles. The number of benzene rings is 1. The Bertz CT molecular complexity index is 528. The standard InChI is InChI=1S/C14H22N2O2S/c1-11-5-4-6-12(9-11)10-16-13-7-2-3-8-14(13)19(15,17)18/h2-3,7-8,11-12,16H,4-6,9-10H2,1H3,(H2,15,17,18). The zero-order valence-electron chi connectivity index (χ0n) is 11.3. The zero-order chi connectivity index (χ0) is 13.9. The molecule has 4 nitrogen and oxygen atoms in total. The van der Waals surface area contributed by atoms with Crippen LogP contribution in [0.25, 0.3) is 0 Å². The lowest BCUT2D eigenvalue weighted by molar-refractivity contribution is 0.293. The third-order valence-electron chi connectivity index (χ3n) is 3.82. The normalized spacial score (nSPS) is 24.1. The Labute approximate surface area is 115 Å². The van der Waals surface area contributed by atoms with Crippen molar-refractivity contribution in [1.29, 1.82) is 0 Å². The second-order valence-corrected chi connectivity index (χ2v) is 7.09. The Kier molecular flexibility index (Phi) is 4.47. The van der Waals surface area contributed by atoms with Crippen LogP contribution in [-0.4, -0.2) is 15.0 Å². The fourth-order valence-corrected chi connectivity index (χ4v) is 3.58. The first-order valence-electron chi connectivity index (χ1n) is 6.82. The summed E-state index contributed by atoms with van der Waals surface area (Å²) in [4.78, 5) is 0.179. The molecule has 1 aliphatic carbocycles. The minimum absolute atomic E-state index is 0.179. The maximum absolute atomic E-state index is 11.5. The highest BCUT2D eigenvalue weighted by molar-refractivity contribution is 7.89. The summed E-state index contributed by atoms with van der Waals surface area (Å²) in [6, 6.07) is 6.82. The SMILES string of the molecule is CC1CCCC(CNc2ccccc2S(N)(=O)=O)C1. The maximum atomic E-state index is 11.5. The Hall–Kier alpha value is -1.07. The molecule has 2 atom stereocenters. The van der Waals surface area contributed by atoms with Crippen LogP contribution in [0.1, 0.15) is 32.6 Å². The summed E-state index contributed by atoms with van der Waals surface area (Å²) in [5.41, 5.74) is 0.614. The van der Waals surface area contributed by atoms with E-state index in [0.717, 1.165) is 12.5 Å². The topological polar surface area (TPSA) is 72.2 Å². The number of hydrogen-bond acceptors (Lipinski definition) is 3. The summed E-state index contributed by atoms with van der Waals surface area (Å²) in [5.74, 6) is 1.39. The van der Waals surface area contributed by atoms with Crippen LogP contribution < -0.4 is 10.5 Å². The number of nitrogens with one attached hydrogen (secondary N) is 1. The molecule has 1 aliphatic rings. The maximum Gasteiger partial charge on any atom is 0.240 e. The van der Waals surface area contributed by atoms with Crippen LogP contribution in [0.5, 0.6) is 0 Å². The lowest BCUT2D eigenvalue weighted by Gasteiger charge is -2.27. The molecule has 0 aromatic heterocycles. The number of rotatable bonds is 4. The molecule has 106 valence electrons. The number of primary sulfonamides is 1. The second kappa shape index (κ2) is 5.92. The molecule has 2 unspecified atom stereocenters. The van der Waals surface area contributed by atoms with Crippen molar-refractivity contribution in [3.05, 3.63) is 24.3 Å². The molecule has 1 fully saturated rings. The minimum Gasteiger partial charge on any atom is -0.384 e. The van der Waals surface area contributed by atoms with Crippen LogP contribution in [0.4, 0.5) is 5.69 Å². The van der Waals surface area contributed by atoms with Crippen molar-refractivity contribution in [2.75, 3.05) is 11.9 Å². The average molecular weight is 282 g/mol. The Morgan fingerprint density at radius 1 is 1.32 bits per heavy atom. The van der Waals surface area contributed by atoms with E-state index in [4.69, 9.17) is 5.14 Å². The summed E-state index contributed by atoms with van der Waals surface area (Å²) in [5, 5.41) is 8.47. The van der Waals surface area contributed by atoms with Gasteiger partial charge in [0.25, 0.3) is 0 Å². The van der Waals surface area contributed by atoms with Gasteiger partial charge in [0, 0.05) is 6.54 Å². The summed E-state index contributed by atoms with van der Waals surface area (Å²) < 4.78 is 23.0. The predicted octanol–water partition coefficient (Wildman–Crippen LogP) is 2.57. The smallest absolute Gasteiger partial charge is 0.240 e. The van der Waals surface area contributed by atoms with Crippen molar-refractivity contribution in [3.8, 4) is 0 Å². The third kappa shape index (κ3) is 3.94. The lowest BCUT2D eigenvalue weighted by Crippen LogP contribution is -2.22.